The fraction of sp³-hybridized carbons (Fsp3) is 0.364. The molecule has 1 heterocycles. The lowest BCUT2D eigenvalue weighted by Crippen LogP contribution is -2.03. The van der Waals surface area contributed by atoms with Gasteiger partial charge in [-0.1, -0.05) is 0 Å². The van der Waals surface area contributed by atoms with Crippen LogP contribution in [0, 0.1) is 0 Å². The van der Waals surface area contributed by atoms with Crippen LogP contribution in [0.15, 0.2) is 6.07 Å². The van der Waals surface area contributed by atoms with Gasteiger partial charge >= 0.3 is 5.97 Å². The van der Waals surface area contributed by atoms with Gasteiger partial charge in [0.25, 0.3) is 0 Å². The zero-order valence-corrected chi connectivity index (χ0v) is 9.76. The fourth-order valence-electron chi connectivity index (χ4n) is 1.82. The van der Waals surface area contributed by atoms with Gasteiger partial charge in [-0.15, -0.1) is 11.6 Å². The topological polar surface area (TPSA) is 44.8 Å². The van der Waals surface area contributed by atoms with Crippen LogP contribution >= 0.6 is 11.6 Å². The molecule has 1 aliphatic heterocycles. The Balaban J connectivity index is 2.70. The molecule has 0 N–H and O–H groups in total. The molecule has 0 spiro atoms. The number of halogens is 1. The van der Waals surface area contributed by atoms with Crippen molar-refractivity contribution in [3.8, 4) is 11.5 Å². The lowest BCUT2D eigenvalue weighted by Gasteiger charge is -2.13. The van der Waals surface area contributed by atoms with Crippen molar-refractivity contribution < 1.29 is 19.0 Å². The van der Waals surface area contributed by atoms with Crippen molar-refractivity contribution >= 4 is 17.6 Å². The zero-order chi connectivity index (χ0) is 11.7. The highest BCUT2D eigenvalue weighted by molar-refractivity contribution is 6.17. The molecule has 4 nitrogen and oxygen atoms in total. The van der Waals surface area contributed by atoms with Gasteiger partial charge in [-0.05, 0) is 6.07 Å². The summed E-state index contributed by atoms with van der Waals surface area (Å²) in [6, 6.07) is 1.81. The Hall–Kier alpha value is -1.42. The van der Waals surface area contributed by atoms with Gasteiger partial charge in [0.15, 0.2) is 11.5 Å². The average molecular weight is 243 g/mol. The van der Waals surface area contributed by atoms with Gasteiger partial charge in [0.05, 0.1) is 20.1 Å². The van der Waals surface area contributed by atoms with Crippen molar-refractivity contribution in [1.82, 2.24) is 0 Å². The molecule has 0 saturated heterocycles. The van der Waals surface area contributed by atoms with Gasteiger partial charge in [0.1, 0.15) is 12.2 Å². The smallest absolute Gasteiger partial charge is 0.342 e. The number of fused-ring (bicyclic) bond motifs is 1. The Bertz CT molecular complexity index is 442. The van der Waals surface area contributed by atoms with Crippen molar-refractivity contribution in [3.05, 3.63) is 22.8 Å². The Morgan fingerprint density at radius 1 is 1.38 bits per heavy atom. The summed E-state index contributed by atoms with van der Waals surface area (Å²) in [7, 11) is 3.00. The van der Waals surface area contributed by atoms with Crippen molar-refractivity contribution in [2.75, 3.05) is 14.2 Å². The summed E-state index contributed by atoms with van der Waals surface area (Å²) in [5.74, 6) is 0.806. The SMILES string of the molecule is COc1c(CCl)cc2c(c1OC)C(=O)OC2. The molecule has 86 valence electrons. The van der Waals surface area contributed by atoms with Crippen LogP contribution in [0.5, 0.6) is 11.5 Å². The van der Waals surface area contributed by atoms with Crippen LogP contribution < -0.4 is 9.47 Å². The molecule has 0 atom stereocenters. The van der Waals surface area contributed by atoms with Crippen molar-refractivity contribution in [2.45, 2.75) is 12.5 Å². The van der Waals surface area contributed by atoms with Gasteiger partial charge in [0.2, 0.25) is 0 Å². The van der Waals surface area contributed by atoms with Crippen LogP contribution in [0.25, 0.3) is 0 Å². The second-order valence-electron chi connectivity index (χ2n) is 3.35. The van der Waals surface area contributed by atoms with Gasteiger partial charge in [-0.25, -0.2) is 4.79 Å². The lowest BCUT2D eigenvalue weighted by molar-refractivity contribution is 0.0532. The molecule has 0 unspecified atom stereocenters. The summed E-state index contributed by atoms with van der Waals surface area (Å²) in [6.07, 6.45) is 0. The maximum atomic E-state index is 11.5. The summed E-state index contributed by atoms with van der Waals surface area (Å²) >= 11 is 5.82. The molecule has 0 amide bonds. The first-order chi connectivity index (χ1) is 7.72. The molecule has 16 heavy (non-hydrogen) atoms. The van der Waals surface area contributed by atoms with Crippen LogP contribution in [-0.4, -0.2) is 20.2 Å². The predicted octanol–water partition coefficient (Wildman–Crippen LogP) is 2.11. The highest BCUT2D eigenvalue weighted by atomic mass is 35.5. The summed E-state index contributed by atoms with van der Waals surface area (Å²) in [6.45, 7) is 0.262. The van der Waals surface area contributed by atoms with Crippen LogP contribution in [-0.2, 0) is 17.2 Å². The number of alkyl halides is 1. The Morgan fingerprint density at radius 2 is 2.06 bits per heavy atom. The number of benzene rings is 1. The second kappa shape index (κ2) is 4.22. The molecule has 0 aliphatic carbocycles. The van der Waals surface area contributed by atoms with E-state index in [-0.39, 0.29) is 12.6 Å². The van der Waals surface area contributed by atoms with Crippen molar-refractivity contribution in [1.29, 1.82) is 0 Å². The normalized spacial score (nSPS) is 13.3. The van der Waals surface area contributed by atoms with Gasteiger partial charge in [-0.2, -0.15) is 0 Å². The summed E-state index contributed by atoms with van der Waals surface area (Å²) in [5.41, 5.74) is 2.02. The summed E-state index contributed by atoms with van der Waals surface area (Å²) in [5, 5.41) is 0. The molecule has 0 bridgehead atoms. The van der Waals surface area contributed by atoms with E-state index < -0.39 is 0 Å². The number of carbonyl (C=O) groups excluding carboxylic acids is 1. The molecule has 0 fully saturated rings. The number of hydrogen-bond acceptors (Lipinski definition) is 4. The number of carbonyl (C=O) groups is 1. The first-order valence-corrected chi connectivity index (χ1v) is 5.26. The quantitative estimate of drug-likeness (QED) is 0.602. The molecule has 5 heteroatoms. The van der Waals surface area contributed by atoms with Gasteiger partial charge < -0.3 is 14.2 Å². The van der Waals surface area contributed by atoms with Crippen LogP contribution in [0.2, 0.25) is 0 Å². The third-order valence-corrected chi connectivity index (χ3v) is 2.80. The largest absolute Gasteiger partial charge is 0.493 e. The minimum atomic E-state index is -0.383. The number of ether oxygens (including phenoxy) is 3. The van der Waals surface area contributed by atoms with E-state index in [1.54, 1.807) is 0 Å². The van der Waals surface area contributed by atoms with E-state index in [2.05, 4.69) is 0 Å². The number of rotatable bonds is 3. The molecule has 0 radical (unpaired) electrons. The van der Waals surface area contributed by atoms with Crippen LogP contribution in [0.1, 0.15) is 21.5 Å². The van der Waals surface area contributed by atoms with E-state index >= 15 is 0 Å². The van der Waals surface area contributed by atoms with E-state index in [9.17, 15) is 4.79 Å². The number of methoxy groups -OCH3 is 2. The van der Waals surface area contributed by atoms with E-state index in [4.69, 9.17) is 25.8 Å². The first kappa shape index (κ1) is 11.1. The molecule has 1 aromatic rings. The van der Waals surface area contributed by atoms with E-state index in [1.807, 2.05) is 6.07 Å². The Morgan fingerprint density at radius 3 is 2.62 bits per heavy atom. The van der Waals surface area contributed by atoms with E-state index in [0.29, 0.717) is 22.9 Å². The molecular weight excluding hydrogens is 232 g/mol. The van der Waals surface area contributed by atoms with Crippen molar-refractivity contribution in [3.63, 3.8) is 0 Å². The Kier molecular flexibility index (Phi) is 2.92. The lowest BCUT2D eigenvalue weighted by atomic mass is 10.0. The second-order valence-corrected chi connectivity index (χ2v) is 3.61. The maximum absolute atomic E-state index is 11.5. The number of esters is 1. The predicted molar refractivity (Wildman–Crippen MR) is 58.2 cm³/mol. The fourth-order valence-corrected chi connectivity index (χ4v) is 2.02. The number of hydrogen-bond donors (Lipinski definition) is 0. The summed E-state index contributed by atoms with van der Waals surface area (Å²) in [4.78, 5) is 11.5. The van der Waals surface area contributed by atoms with Crippen molar-refractivity contribution in [2.24, 2.45) is 0 Å². The zero-order valence-electron chi connectivity index (χ0n) is 9.00. The third kappa shape index (κ3) is 1.50. The minimum absolute atomic E-state index is 0.262. The molecule has 0 saturated carbocycles. The highest BCUT2D eigenvalue weighted by Crippen LogP contribution is 2.40. The Labute approximate surface area is 98.1 Å². The van der Waals surface area contributed by atoms with Crippen LogP contribution in [0.3, 0.4) is 0 Å². The maximum Gasteiger partial charge on any atom is 0.342 e. The first-order valence-electron chi connectivity index (χ1n) is 4.72. The van der Waals surface area contributed by atoms with Gasteiger partial charge in [0, 0.05) is 11.1 Å². The monoisotopic (exact) mass is 242 g/mol. The highest BCUT2D eigenvalue weighted by Gasteiger charge is 2.30. The minimum Gasteiger partial charge on any atom is -0.493 e. The molecule has 1 aliphatic rings. The average Bonchev–Trinajstić information content (AvgIpc) is 2.68. The molecular formula is C11H11ClO4. The van der Waals surface area contributed by atoms with E-state index in [0.717, 1.165) is 11.1 Å². The van der Waals surface area contributed by atoms with E-state index in [1.165, 1.54) is 14.2 Å². The third-order valence-electron chi connectivity index (χ3n) is 2.51. The standard InChI is InChI=1S/C11H11ClO4/c1-14-9-6(4-12)3-7-5-16-11(13)8(7)10(9)15-2/h3H,4-5H2,1-2H3. The number of cyclic esters (lactones) is 1. The molecule has 0 aromatic heterocycles. The van der Waals surface area contributed by atoms with Gasteiger partial charge in [-0.3, -0.25) is 0 Å². The van der Waals surface area contributed by atoms with Crippen LogP contribution in [0.4, 0.5) is 0 Å². The summed E-state index contributed by atoms with van der Waals surface area (Å²) < 4.78 is 15.4. The molecule has 1 aromatic carbocycles. The molecule has 2 rings (SSSR count).